The van der Waals surface area contributed by atoms with E-state index in [1.165, 1.54) is 12.1 Å². The molecule has 3 aromatic rings. The fourth-order valence-electron chi connectivity index (χ4n) is 3.55. The van der Waals surface area contributed by atoms with Gasteiger partial charge >= 0.3 is 11.9 Å². The van der Waals surface area contributed by atoms with Crippen LogP contribution < -0.4 is 14.5 Å². The SMILES string of the molecule is COc1cc(/C=C2/C(=O)N(c3ccccc3)N=C2C)cc(I)c1Oc1ccc(C(F)(F)F)cc1[N+](=O)[O-]. The summed E-state index contributed by atoms with van der Waals surface area (Å²) in [5.41, 5.74) is 0.0196. The number of rotatable bonds is 6. The molecule has 0 atom stereocenters. The summed E-state index contributed by atoms with van der Waals surface area (Å²) in [6.45, 7) is 1.70. The van der Waals surface area contributed by atoms with Gasteiger partial charge in [0, 0.05) is 6.07 Å². The molecule has 0 spiro atoms. The molecular weight excluding hydrogens is 606 g/mol. The lowest BCUT2D eigenvalue weighted by molar-refractivity contribution is -0.385. The number of nitrogens with zero attached hydrogens (tertiary/aromatic N) is 3. The van der Waals surface area contributed by atoms with Gasteiger partial charge in [-0.3, -0.25) is 14.9 Å². The Morgan fingerprint density at radius 3 is 2.41 bits per heavy atom. The van der Waals surface area contributed by atoms with Crippen LogP contribution in [0.4, 0.5) is 24.5 Å². The molecule has 0 fully saturated rings. The van der Waals surface area contributed by atoms with E-state index in [1.807, 2.05) is 28.7 Å². The standard InChI is InChI=1S/C25H17F3IN3O5/c1-14-18(24(33)31(30-14)17-6-4-3-5-7-17)10-15-11-19(29)23(22(12-15)36-2)37-21-9-8-16(25(26,27)28)13-20(21)32(34)35/h3-13H,1-2H3/b18-10+. The van der Waals surface area contributed by atoms with E-state index in [2.05, 4.69) is 5.10 Å². The second kappa shape index (κ2) is 10.2. The van der Waals surface area contributed by atoms with Crippen LogP contribution in [-0.4, -0.2) is 23.7 Å². The Hall–Kier alpha value is -3.94. The van der Waals surface area contributed by atoms with Crippen LogP contribution >= 0.6 is 22.6 Å². The van der Waals surface area contributed by atoms with Crippen molar-refractivity contribution in [3.05, 3.63) is 91.0 Å². The zero-order chi connectivity index (χ0) is 26.9. The van der Waals surface area contributed by atoms with Crippen molar-refractivity contribution in [3.8, 4) is 17.2 Å². The molecule has 12 heteroatoms. The van der Waals surface area contributed by atoms with Gasteiger partial charge in [-0.1, -0.05) is 18.2 Å². The number of halogens is 4. The molecule has 4 rings (SSSR count). The molecule has 8 nitrogen and oxygen atoms in total. The highest BCUT2D eigenvalue weighted by Crippen LogP contribution is 2.42. The molecule has 0 aromatic heterocycles. The number of hydrogen-bond donors (Lipinski definition) is 0. The number of alkyl halides is 3. The molecule has 37 heavy (non-hydrogen) atoms. The third-order valence-corrected chi connectivity index (χ3v) is 6.12. The van der Waals surface area contributed by atoms with E-state index in [0.717, 1.165) is 6.07 Å². The Bertz CT molecular complexity index is 1460. The van der Waals surface area contributed by atoms with Gasteiger partial charge < -0.3 is 9.47 Å². The van der Waals surface area contributed by atoms with E-state index in [9.17, 15) is 28.1 Å². The molecule has 1 amide bonds. The van der Waals surface area contributed by atoms with E-state index in [4.69, 9.17) is 9.47 Å². The minimum atomic E-state index is -4.75. The highest BCUT2D eigenvalue weighted by Gasteiger charge is 2.34. The second-order valence-corrected chi connectivity index (χ2v) is 8.93. The molecule has 1 heterocycles. The third-order valence-electron chi connectivity index (χ3n) is 5.32. The van der Waals surface area contributed by atoms with Gasteiger partial charge in [0.15, 0.2) is 11.5 Å². The number of carbonyl (C=O) groups excluding carboxylic acids is 1. The third kappa shape index (κ3) is 5.43. The number of ether oxygens (including phenoxy) is 2. The summed E-state index contributed by atoms with van der Waals surface area (Å²) < 4.78 is 50.6. The molecule has 0 aliphatic carbocycles. The van der Waals surface area contributed by atoms with Crippen LogP contribution in [0.1, 0.15) is 18.1 Å². The Labute approximate surface area is 222 Å². The van der Waals surface area contributed by atoms with Crippen LogP contribution in [0.15, 0.2) is 71.3 Å². The number of hydrogen-bond acceptors (Lipinski definition) is 6. The van der Waals surface area contributed by atoms with Crippen molar-refractivity contribution in [3.63, 3.8) is 0 Å². The molecular formula is C25H17F3IN3O5. The number of benzene rings is 3. The minimum absolute atomic E-state index is 0.0714. The van der Waals surface area contributed by atoms with Gasteiger partial charge in [0.2, 0.25) is 5.75 Å². The van der Waals surface area contributed by atoms with Crippen LogP contribution in [0.25, 0.3) is 6.08 Å². The average molecular weight is 623 g/mol. The first-order valence-electron chi connectivity index (χ1n) is 10.6. The molecule has 0 N–H and O–H groups in total. The smallest absolute Gasteiger partial charge is 0.416 e. The lowest BCUT2D eigenvalue weighted by atomic mass is 10.1. The van der Waals surface area contributed by atoms with Gasteiger partial charge in [0.1, 0.15) is 0 Å². The maximum atomic E-state index is 13.0. The van der Waals surface area contributed by atoms with Gasteiger partial charge in [-0.25, -0.2) is 0 Å². The first-order chi connectivity index (χ1) is 17.5. The molecule has 0 unspecified atom stereocenters. The summed E-state index contributed by atoms with van der Waals surface area (Å²) in [7, 11) is 1.35. The first kappa shape index (κ1) is 26.1. The minimum Gasteiger partial charge on any atom is -0.493 e. The van der Waals surface area contributed by atoms with Crippen LogP contribution in [0.2, 0.25) is 0 Å². The fourth-order valence-corrected chi connectivity index (χ4v) is 4.29. The van der Waals surface area contributed by atoms with Crippen LogP contribution in [-0.2, 0) is 11.0 Å². The predicted molar refractivity (Wildman–Crippen MR) is 139 cm³/mol. The van der Waals surface area contributed by atoms with Crippen LogP contribution in [0.3, 0.4) is 0 Å². The molecule has 1 aliphatic heterocycles. The van der Waals surface area contributed by atoms with Gasteiger partial charge in [0.25, 0.3) is 5.91 Å². The summed E-state index contributed by atoms with van der Waals surface area (Å²) in [6.07, 6.45) is -3.13. The maximum absolute atomic E-state index is 13.0. The lowest BCUT2D eigenvalue weighted by Crippen LogP contribution is -2.21. The maximum Gasteiger partial charge on any atom is 0.416 e. The van der Waals surface area contributed by atoms with Gasteiger partial charge in [0.05, 0.1) is 38.1 Å². The molecule has 1 aliphatic rings. The lowest BCUT2D eigenvalue weighted by Gasteiger charge is -2.15. The van der Waals surface area contributed by atoms with E-state index < -0.39 is 22.4 Å². The van der Waals surface area contributed by atoms with Crippen LogP contribution in [0.5, 0.6) is 17.2 Å². The molecule has 3 aromatic carbocycles. The van der Waals surface area contributed by atoms with Crippen molar-refractivity contribution in [1.29, 1.82) is 0 Å². The molecule has 190 valence electrons. The Balaban J connectivity index is 1.68. The molecule has 0 saturated carbocycles. The van der Waals surface area contributed by atoms with Crippen molar-refractivity contribution >= 4 is 51.7 Å². The summed E-state index contributed by atoms with van der Waals surface area (Å²) in [5, 5.41) is 17.1. The van der Waals surface area contributed by atoms with E-state index in [-0.39, 0.29) is 23.2 Å². The Morgan fingerprint density at radius 1 is 1.08 bits per heavy atom. The van der Waals surface area contributed by atoms with Crippen LogP contribution in [0, 0.1) is 13.7 Å². The number of nitro benzene ring substituents is 1. The Kier molecular flexibility index (Phi) is 7.21. The van der Waals surface area contributed by atoms with E-state index in [0.29, 0.717) is 38.2 Å². The molecule has 0 saturated heterocycles. The average Bonchev–Trinajstić information content (AvgIpc) is 3.13. The number of para-hydroxylation sites is 1. The van der Waals surface area contributed by atoms with E-state index >= 15 is 0 Å². The van der Waals surface area contributed by atoms with Crippen molar-refractivity contribution in [2.75, 3.05) is 12.1 Å². The summed E-state index contributed by atoms with van der Waals surface area (Å²) >= 11 is 1.91. The van der Waals surface area contributed by atoms with Gasteiger partial charge in [-0.15, -0.1) is 0 Å². The second-order valence-electron chi connectivity index (χ2n) is 7.77. The number of carbonyl (C=O) groups is 1. The summed E-state index contributed by atoms with van der Waals surface area (Å²) in [6, 6.07) is 14.1. The molecule has 0 radical (unpaired) electrons. The summed E-state index contributed by atoms with van der Waals surface area (Å²) in [5.74, 6) is -0.471. The first-order valence-corrected chi connectivity index (χ1v) is 11.6. The highest BCUT2D eigenvalue weighted by atomic mass is 127. The number of hydrazone groups is 1. The number of methoxy groups -OCH3 is 1. The predicted octanol–water partition coefficient (Wildman–Crippen LogP) is 6.83. The monoisotopic (exact) mass is 623 g/mol. The number of nitro groups is 1. The number of amides is 1. The van der Waals surface area contributed by atoms with Crippen molar-refractivity contribution in [1.82, 2.24) is 0 Å². The van der Waals surface area contributed by atoms with Gasteiger partial charge in [-0.2, -0.15) is 23.3 Å². The van der Waals surface area contributed by atoms with Crippen molar-refractivity contribution < 1.29 is 32.4 Å². The van der Waals surface area contributed by atoms with Crippen molar-refractivity contribution in [2.24, 2.45) is 5.10 Å². The topological polar surface area (TPSA) is 94.3 Å². The highest BCUT2D eigenvalue weighted by molar-refractivity contribution is 14.1. The van der Waals surface area contributed by atoms with Crippen molar-refractivity contribution in [2.45, 2.75) is 13.1 Å². The zero-order valence-corrected chi connectivity index (χ0v) is 21.4. The largest absolute Gasteiger partial charge is 0.493 e. The van der Waals surface area contributed by atoms with E-state index in [1.54, 1.807) is 49.4 Å². The zero-order valence-electron chi connectivity index (χ0n) is 19.2. The quantitative estimate of drug-likeness (QED) is 0.130. The van der Waals surface area contributed by atoms with Gasteiger partial charge in [-0.05, 0) is 77.6 Å². The molecule has 0 bridgehead atoms. The Morgan fingerprint density at radius 2 is 1.78 bits per heavy atom. The summed E-state index contributed by atoms with van der Waals surface area (Å²) in [4.78, 5) is 23.5. The normalized spacial score (nSPS) is 14.6. The fraction of sp³-hybridized carbons (Fsp3) is 0.120. The number of anilines is 1.